The number of carbonyl (C=O) groups excluding carboxylic acids is 1. The Kier molecular flexibility index (Phi) is 6.90. The molecule has 0 unspecified atom stereocenters. The Hall–Kier alpha value is -2.75. The van der Waals surface area contributed by atoms with Crippen molar-refractivity contribution in [1.29, 1.82) is 0 Å². The lowest BCUT2D eigenvalue weighted by atomic mass is 10.2. The molecule has 2 rings (SSSR count). The average Bonchev–Trinajstić information content (AvgIpc) is 2.64. The second-order valence-corrected chi connectivity index (χ2v) is 5.44. The van der Waals surface area contributed by atoms with E-state index in [-0.39, 0.29) is 12.7 Å². The molecule has 0 saturated carbocycles. The summed E-state index contributed by atoms with van der Waals surface area (Å²) in [5, 5.41) is 0. The van der Waals surface area contributed by atoms with Gasteiger partial charge in [-0.3, -0.25) is 0 Å². The van der Waals surface area contributed by atoms with Crippen LogP contribution in [0, 0.1) is 0 Å². The summed E-state index contributed by atoms with van der Waals surface area (Å²) in [5.41, 5.74) is 2.02. The highest BCUT2D eigenvalue weighted by Crippen LogP contribution is 2.11. The van der Waals surface area contributed by atoms with Crippen molar-refractivity contribution >= 4 is 6.09 Å². The van der Waals surface area contributed by atoms with E-state index in [1.807, 2.05) is 60.7 Å². The number of carbonyl (C=O) groups is 1. The third-order valence-corrected chi connectivity index (χ3v) is 3.63. The van der Waals surface area contributed by atoms with Crippen LogP contribution < -0.4 is 0 Å². The van der Waals surface area contributed by atoms with Crippen molar-refractivity contribution in [2.45, 2.75) is 19.6 Å². The summed E-state index contributed by atoms with van der Waals surface area (Å²) in [6.45, 7) is 5.05. The second-order valence-electron chi connectivity index (χ2n) is 5.44. The van der Waals surface area contributed by atoms with Gasteiger partial charge in [0.15, 0.2) is 0 Å². The smallest absolute Gasteiger partial charge is 0.410 e. The summed E-state index contributed by atoms with van der Waals surface area (Å²) in [6, 6.07) is 19.5. The Balaban J connectivity index is 1.97. The minimum absolute atomic E-state index is 0.260. The van der Waals surface area contributed by atoms with Crippen LogP contribution in [0.15, 0.2) is 73.0 Å². The van der Waals surface area contributed by atoms with Gasteiger partial charge in [-0.05, 0) is 11.1 Å². The molecule has 0 aliphatic carbocycles. The van der Waals surface area contributed by atoms with Crippen molar-refractivity contribution in [3.05, 3.63) is 84.1 Å². The number of ether oxygens (including phenoxy) is 2. The van der Waals surface area contributed by atoms with Gasteiger partial charge >= 0.3 is 6.09 Å². The number of hydrogen-bond donors (Lipinski definition) is 0. The number of nitrogens with zero attached hydrogens (tertiary/aromatic N) is 1. The molecule has 2 aromatic rings. The molecule has 0 N–H and O–H groups in total. The molecule has 0 aromatic heterocycles. The lowest BCUT2D eigenvalue weighted by Crippen LogP contribution is -2.32. The van der Waals surface area contributed by atoms with Gasteiger partial charge < -0.3 is 14.4 Å². The molecule has 4 nitrogen and oxygen atoms in total. The molecule has 0 heterocycles. The first-order valence-corrected chi connectivity index (χ1v) is 7.90. The van der Waals surface area contributed by atoms with E-state index in [0.29, 0.717) is 25.3 Å². The van der Waals surface area contributed by atoms with Crippen molar-refractivity contribution in [1.82, 2.24) is 4.90 Å². The maximum absolute atomic E-state index is 12.5. The molecule has 4 heteroatoms. The second kappa shape index (κ2) is 9.40. The molecule has 0 bridgehead atoms. The van der Waals surface area contributed by atoms with E-state index >= 15 is 0 Å². The lowest BCUT2D eigenvalue weighted by molar-refractivity contribution is 0.0924. The zero-order valence-corrected chi connectivity index (χ0v) is 14.0. The SMILES string of the molecule is C=C(CCN(Cc1ccccc1)C(=O)OCc1ccccc1)OC. The van der Waals surface area contributed by atoms with E-state index in [4.69, 9.17) is 9.47 Å². The van der Waals surface area contributed by atoms with Crippen LogP contribution in [0.1, 0.15) is 17.5 Å². The van der Waals surface area contributed by atoms with E-state index in [0.717, 1.165) is 11.1 Å². The summed E-state index contributed by atoms with van der Waals surface area (Å²) in [4.78, 5) is 14.1. The predicted molar refractivity (Wildman–Crippen MR) is 94.2 cm³/mol. The predicted octanol–water partition coefficient (Wildman–Crippen LogP) is 4.38. The maximum Gasteiger partial charge on any atom is 0.410 e. The van der Waals surface area contributed by atoms with Gasteiger partial charge in [-0.25, -0.2) is 4.79 Å². The van der Waals surface area contributed by atoms with Crippen molar-refractivity contribution < 1.29 is 14.3 Å². The Bertz CT molecular complexity index is 640. The van der Waals surface area contributed by atoms with Gasteiger partial charge in [-0.1, -0.05) is 67.2 Å². The molecular formula is C20H23NO3. The Morgan fingerprint density at radius 3 is 2.17 bits per heavy atom. The quantitative estimate of drug-likeness (QED) is 0.676. The monoisotopic (exact) mass is 325 g/mol. The van der Waals surface area contributed by atoms with Gasteiger partial charge in [-0.15, -0.1) is 0 Å². The summed E-state index contributed by atoms with van der Waals surface area (Å²) in [5.74, 6) is 0.643. The Morgan fingerprint density at radius 1 is 1.00 bits per heavy atom. The van der Waals surface area contributed by atoms with Gasteiger partial charge in [0.25, 0.3) is 0 Å². The first-order chi connectivity index (χ1) is 11.7. The molecule has 0 radical (unpaired) electrons. The molecular weight excluding hydrogens is 302 g/mol. The summed E-state index contributed by atoms with van der Waals surface area (Å²) in [7, 11) is 1.58. The van der Waals surface area contributed by atoms with Crippen LogP contribution in [0.2, 0.25) is 0 Å². The number of rotatable bonds is 8. The highest BCUT2D eigenvalue weighted by molar-refractivity contribution is 5.67. The maximum atomic E-state index is 12.5. The van der Waals surface area contributed by atoms with E-state index in [1.54, 1.807) is 12.0 Å². The van der Waals surface area contributed by atoms with Crippen molar-refractivity contribution in [3.63, 3.8) is 0 Å². The Morgan fingerprint density at radius 2 is 1.58 bits per heavy atom. The number of amides is 1. The number of benzene rings is 2. The molecule has 0 saturated heterocycles. The minimum Gasteiger partial charge on any atom is -0.502 e. The van der Waals surface area contributed by atoms with Crippen LogP contribution >= 0.6 is 0 Å². The van der Waals surface area contributed by atoms with Gasteiger partial charge in [0, 0.05) is 19.5 Å². The molecule has 0 aliphatic rings. The molecule has 24 heavy (non-hydrogen) atoms. The highest BCUT2D eigenvalue weighted by atomic mass is 16.6. The molecule has 0 fully saturated rings. The fourth-order valence-corrected chi connectivity index (χ4v) is 2.21. The number of methoxy groups -OCH3 is 1. The summed E-state index contributed by atoms with van der Waals surface area (Å²) >= 11 is 0. The fraction of sp³-hybridized carbons (Fsp3) is 0.250. The lowest BCUT2D eigenvalue weighted by Gasteiger charge is -2.22. The average molecular weight is 325 g/mol. The molecule has 2 aromatic carbocycles. The standard InChI is InChI=1S/C20H23NO3/c1-17(23-2)13-14-21(15-18-9-5-3-6-10-18)20(22)24-16-19-11-7-4-8-12-19/h3-12H,1,13-16H2,2H3. The van der Waals surface area contributed by atoms with Gasteiger partial charge in [0.1, 0.15) is 6.61 Å². The largest absolute Gasteiger partial charge is 0.502 e. The van der Waals surface area contributed by atoms with Crippen LogP contribution in [0.3, 0.4) is 0 Å². The van der Waals surface area contributed by atoms with E-state index in [9.17, 15) is 4.79 Å². The molecule has 1 amide bonds. The zero-order valence-electron chi connectivity index (χ0n) is 14.0. The topological polar surface area (TPSA) is 38.8 Å². The molecule has 0 aliphatic heterocycles. The van der Waals surface area contributed by atoms with Gasteiger partial charge in [-0.2, -0.15) is 0 Å². The van der Waals surface area contributed by atoms with Gasteiger partial charge in [0.2, 0.25) is 0 Å². The molecule has 0 atom stereocenters. The Labute approximate surface area is 143 Å². The molecule has 126 valence electrons. The first-order valence-electron chi connectivity index (χ1n) is 7.90. The van der Waals surface area contributed by atoms with Crippen molar-refractivity contribution in [2.24, 2.45) is 0 Å². The zero-order chi connectivity index (χ0) is 17.2. The minimum atomic E-state index is -0.341. The summed E-state index contributed by atoms with van der Waals surface area (Å²) in [6.07, 6.45) is 0.232. The molecule has 0 spiro atoms. The van der Waals surface area contributed by atoms with Crippen LogP contribution in [0.25, 0.3) is 0 Å². The van der Waals surface area contributed by atoms with E-state index < -0.39 is 0 Å². The first kappa shape index (κ1) is 17.6. The van der Waals surface area contributed by atoms with Crippen molar-refractivity contribution in [3.8, 4) is 0 Å². The van der Waals surface area contributed by atoms with Crippen LogP contribution in [-0.4, -0.2) is 24.6 Å². The third kappa shape index (κ3) is 5.80. The van der Waals surface area contributed by atoms with Crippen LogP contribution in [-0.2, 0) is 22.6 Å². The normalized spacial score (nSPS) is 10.0. The van der Waals surface area contributed by atoms with Gasteiger partial charge in [0.05, 0.1) is 12.9 Å². The number of hydrogen-bond acceptors (Lipinski definition) is 3. The third-order valence-electron chi connectivity index (χ3n) is 3.63. The highest BCUT2D eigenvalue weighted by Gasteiger charge is 2.16. The van der Waals surface area contributed by atoms with E-state index in [2.05, 4.69) is 6.58 Å². The van der Waals surface area contributed by atoms with Crippen LogP contribution in [0.4, 0.5) is 4.79 Å². The fourth-order valence-electron chi connectivity index (χ4n) is 2.21. The van der Waals surface area contributed by atoms with Crippen LogP contribution in [0.5, 0.6) is 0 Å². The van der Waals surface area contributed by atoms with Crippen molar-refractivity contribution in [2.75, 3.05) is 13.7 Å². The summed E-state index contributed by atoms with van der Waals surface area (Å²) < 4.78 is 10.5. The van der Waals surface area contributed by atoms with E-state index in [1.165, 1.54) is 0 Å².